The molecule has 0 N–H and O–H groups in total. The fraction of sp³-hybridized carbons (Fsp3) is 0.440. The molecule has 0 saturated carbocycles. The summed E-state index contributed by atoms with van der Waals surface area (Å²) in [6, 6.07) is 9.00. The molecule has 5 rings (SSSR count). The molecule has 2 aliphatic rings. The van der Waals surface area contributed by atoms with E-state index >= 15 is 0 Å². The molecule has 0 radical (unpaired) electrons. The van der Waals surface area contributed by atoms with E-state index in [4.69, 9.17) is 28.7 Å². The maximum absolute atomic E-state index is 13.8. The summed E-state index contributed by atoms with van der Waals surface area (Å²) in [4.78, 5) is 22.7. The van der Waals surface area contributed by atoms with Crippen molar-refractivity contribution in [1.29, 1.82) is 0 Å². The Hall–Kier alpha value is -3.08. The molecular weight excluding hydrogens is 470 g/mol. The molecule has 9 nitrogen and oxygen atoms in total. The number of ether oxygens (including phenoxy) is 5. The first-order valence-corrected chi connectivity index (χ1v) is 12.5. The zero-order chi connectivity index (χ0) is 24.2. The molecular formula is C25H29N3O6S. The molecule has 0 spiro atoms. The number of morpholine rings is 1. The van der Waals surface area contributed by atoms with Gasteiger partial charge in [0.2, 0.25) is 0 Å². The quantitative estimate of drug-likeness (QED) is 0.466. The van der Waals surface area contributed by atoms with Crippen molar-refractivity contribution in [3.05, 3.63) is 35.9 Å². The van der Waals surface area contributed by atoms with Crippen LogP contribution in [0.25, 0.3) is 10.2 Å². The molecule has 186 valence electrons. The van der Waals surface area contributed by atoms with Crippen molar-refractivity contribution in [2.75, 3.05) is 71.7 Å². The largest absolute Gasteiger partial charge is 0.495 e. The number of nitrogens with zero attached hydrogens (tertiary/aromatic N) is 3. The molecule has 3 aromatic rings. The summed E-state index contributed by atoms with van der Waals surface area (Å²) in [5.41, 5.74) is 1.21. The molecule has 0 atom stereocenters. The average molecular weight is 500 g/mol. The van der Waals surface area contributed by atoms with Crippen LogP contribution in [0.1, 0.15) is 16.8 Å². The van der Waals surface area contributed by atoms with Crippen molar-refractivity contribution in [2.45, 2.75) is 6.42 Å². The Morgan fingerprint density at radius 3 is 2.54 bits per heavy atom. The van der Waals surface area contributed by atoms with Crippen molar-refractivity contribution < 1.29 is 28.5 Å². The fourth-order valence-corrected chi connectivity index (χ4v) is 5.38. The molecule has 1 fully saturated rings. The van der Waals surface area contributed by atoms with Gasteiger partial charge in [0.1, 0.15) is 34.9 Å². The minimum absolute atomic E-state index is 0.138. The lowest BCUT2D eigenvalue weighted by Gasteiger charge is -2.28. The fourth-order valence-electron chi connectivity index (χ4n) is 4.28. The van der Waals surface area contributed by atoms with E-state index in [1.54, 1.807) is 37.3 Å². The molecule has 1 saturated heterocycles. The second kappa shape index (κ2) is 10.7. The number of carbonyl (C=O) groups excluding carboxylic acids is 1. The Bertz CT molecular complexity index is 1150. The van der Waals surface area contributed by atoms with Crippen LogP contribution in [0, 0.1) is 0 Å². The Morgan fingerprint density at radius 2 is 1.77 bits per heavy atom. The van der Waals surface area contributed by atoms with Gasteiger partial charge in [-0.15, -0.1) is 0 Å². The molecule has 1 aromatic heterocycles. The number of anilines is 1. The van der Waals surface area contributed by atoms with E-state index in [1.807, 2.05) is 12.1 Å². The van der Waals surface area contributed by atoms with Crippen LogP contribution < -0.4 is 23.8 Å². The zero-order valence-corrected chi connectivity index (χ0v) is 20.8. The SMILES string of the molecule is COc1ccc(OC)c2sc(N(CCCN3CCOCC3)C(=O)c3ccc4c(c3)OCCO4)nc12. The van der Waals surface area contributed by atoms with Gasteiger partial charge in [-0.3, -0.25) is 14.6 Å². The number of methoxy groups -OCH3 is 2. The van der Waals surface area contributed by atoms with Crippen molar-refractivity contribution in [2.24, 2.45) is 0 Å². The van der Waals surface area contributed by atoms with Crippen LogP contribution in [0.15, 0.2) is 30.3 Å². The first kappa shape index (κ1) is 23.7. The third-order valence-electron chi connectivity index (χ3n) is 6.12. The van der Waals surface area contributed by atoms with E-state index in [1.165, 1.54) is 11.3 Å². The number of hydrogen-bond donors (Lipinski definition) is 0. The van der Waals surface area contributed by atoms with Gasteiger partial charge in [-0.1, -0.05) is 11.3 Å². The third-order valence-corrected chi connectivity index (χ3v) is 7.22. The summed E-state index contributed by atoms with van der Waals surface area (Å²) in [5.74, 6) is 2.44. The lowest BCUT2D eigenvalue weighted by atomic mass is 10.1. The van der Waals surface area contributed by atoms with Crippen LogP contribution in [0.5, 0.6) is 23.0 Å². The highest BCUT2D eigenvalue weighted by molar-refractivity contribution is 7.22. The molecule has 0 unspecified atom stereocenters. The molecule has 2 aromatic carbocycles. The summed E-state index contributed by atoms with van der Waals surface area (Å²) >= 11 is 1.42. The minimum atomic E-state index is -0.138. The first-order valence-electron chi connectivity index (χ1n) is 11.7. The maximum atomic E-state index is 13.8. The first-order chi connectivity index (χ1) is 17.2. The Morgan fingerprint density at radius 1 is 1.03 bits per heavy atom. The van der Waals surface area contributed by atoms with E-state index in [0.717, 1.165) is 44.0 Å². The highest BCUT2D eigenvalue weighted by atomic mass is 32.1. The lowest BCUT2D eigenvalue weighted by molar-refractivity contribution is 0.0376. The summed E-state index contributed by atoms with van der Waals surface area (Å²) < 4.78 is 28.7. The van der Waals surface area contributed by atoms with Crippen LogP contribution in [-0.4, -0.2) is 82.6 Å². The van der Waals surface area contributed by atoms with E-state index in [2.05, 4.69) is 4.90 Å². The van der Waals surface area contributed by atoms with Crippen molar-refractivity contribution in [1.82, 2.24) is 9.88 Å². The van der Waals surface area contributed by atoms with E-state index in [0.29, 0.717) is 59.0 Å². The van der Waals surface area contributed by atoms with Crippen LogP contribution in [0.3, 0.4) is 0 Å². The summed E-state index contributed by atoms with van der Waals surface area (Å²) in [6.45, 7) is 5.68. The summed E-state index contributed by atoms with van der Waals surface area (Å²) in [6.07, 6.45) is 0.806. The standard InChI is InChI=1S/C25H29N3O6S/c1-30-19-6-7-20(31-2)23-22(19)26-25(35-23)28(9-3-8-27-10-12-32-13-11-27)24(29)17-4-5-18-21(16-17)34-15-14-33-18/h4-7,16H,3,8-15H2,1-2H3. The van der Waals surface area contributed by atoms with Gasteiger partial charge in [0.05, 0.1) is 27.4 Å². The summed E-state index contributed by atoms with van der Waals surface area (Å²) in [7, 11) is 3.24. The normalized spacial score (nSPS) is 15.7. The molecule has 10 heteroatoms. The molecule has 2 aliphatic heterocycles. The van der Waals surface area contributed by atoms with Crippen molar-refractivity contribution in [3.8, 4) is 23.0 Å². The molecule has 0 bridgehead atoms. The van der Waals surface area contributed by atoms with Gasteiger partial charge in [-0.2, -0.15) is 0 Å². The molecule has 0 aliphatic carbocycles. The number of fused-ring (bicyclic) bond motifs is 2. The van der Waals surface area contributed by atoms with E-state index < -0.39 is 0 Å². The second-order valence-electron chi connectivity index (χ2n) is 8.27. The van der Waals surface area contributed by atoms with Gasteiger partial charge >= 0.3 is 0 Å². The highest BCUT2D eigenvalue weighted by Crippen LogP contribution is 2.41. The number of benzene rings is 2. The predicted octanol–water partition coefficient (Wildman–Crippen LogP) is 3.45. The van der Waals surface area contributed by atoms with E-state index in [9.17, 15) is 4.79 Å². The van der Waals surface area contributed by atoms with Crippen LogP contribution in [0.2, 0.25) is 0 Å². The molecule has 1 amide bonds. The molecule has 3 heterocycles. The Labute approximate surface area is 208 Å². The average Bonchev–Trinajstić information content (AvgIpc) is 3.35. The van der Waals surface area contributed by atoms with Crippen molar-refractivity contribution >= 4 is 32.6 Å². The monoisotopic (exact) mass is 499 g/mol. The minimum Gasteiger partial charge on any atom is -0.495 e. The van der Waals surface area contributed by atoms with Gasteiger partial charge in [-0.05, 0) is 36.8 Å². The van der Waals surface area contributed by atoms with Gasteiger partial charge in [-0.25, -0.2) is 4.98 Å². The van der Waals surface area contributed by atoms with Crippen molar-refractivity contribution in [3.63, 3.8) is 0 Å². The van der Waals surface area contributed by atoms with Crippen LogP contribution in [0.4, 0.5) is 5.13 Å². The smallest absolute Gasteiger partial charge is 0.260 e. The number of thiazole rings is 1. The molecule has 35 heavy (non-hydrogen) atoms. The summed E-state index contributed by atoms with van der Waals surface area (Å²) in [5, 5.41) is 0.602. The maximum Gasteiger partial charge on any atom is 0.260 e. The predicted molar refractivity (Wildman–Crippen MR) is 134 cm³/mol. The number of carbonyl (C=O) groups is 1. The third kappa shape index (κ3) is 5.00. The van der Waals surface area contributed by atoms with Crippen LogP contribution >= 0.6 is 11.3 Å². The van der Waals surface area contributed by atoms with Gasteiger partial charge < -0.3 is 23.7 Å². The van der Waals surface area contributed by atoms with Gasteiger partial charge in [0, 0.05) is 31.7 Å². The second-order valence-corrected chi connectivity index (χ2v) is 9.24. The Kier molecular flexibility index (Phi) is 7.21. The topological polar surface area (TPSA) is 82.6 Å². The highest BCUT2D eigenvalue weighted by Gasteiger charge is 2.25. The van der Waals surface area contributed by atoms with Gasteiger partial charge in [0.25, 0.3) is 5.91 Å². The number of hydrogen-bond acceptors (Lipinski definition) is 9. The number of amides is 1. The zero-order valence-electron chi connectivity index (χ0n) is 20.0. The van der Waals surface area contributed by atoms with Crippen LogP contribution in [-0.2, 0) is 4.74 Å². The van der Waals surface area contributed by atoms with Gasteiger partial charge in [0.15, 0.2) is 16.6 Å². The lowest BCUT2D eigenvalue weighted by Crippen LogP contribution is -2.39. The Balaban J connectivity index is 1.46. The number of rotatable bonds is 8. The van der Waals surface area contributed by atoms with E-state index in [-0.39, 0.29) is 5.91 Å². The number of aromatic nitrogens is 1.